The van der Waals surface area contributed by atoms with Crippen molar-refractivity contribution < 1.29 is 0 Å². The van der Waals surface area contributed by atoms with E-state index in [1.807, 2.05) is 13.1 Å². The van der Waals surface area contributed by atoms with E-state index in [9.17, 15) is 0 Å². The van der Waals surface area contributed by atoms with Crippen LogP contribution >= 0.6 is 11.3 Å². The van der Waals surface area contributed by atoms with Crippen molar-refractivity contribution in [1.82, 2.24) is 10.3 Å². The number of nitrogens with zero attached hydrogens (tertiary/aromatic N) is 1. The van der Waals surface area contributed by atoms with Gasteiger partial charge >= 0.3 is 0 Å². The molecule has 0 saturated heterocycles. The van der Waals surface area contributed by atoms with E-state index in [-0.39, 0.29) is 0 Å². The second-order valence-electron chi connectivity index (χ2n) is 3.16. The molecule has 0 fully saturated rings. The van der Waals surface area contributed by atoms with Crippen LogP contribution in [0.4, 0.5) is 0 Å². The molecule has 14 heavy (non-hydrogen) atoms. The van der Waals surface area contributed by atoms with E-state index < -0.39 is 0 Å². The van der Waals surface area contributed by atoms with Crippen LogP contribution in [0.25, 0.3) is 0 Å². The van der Waals surface area contributed by atoms with Crippen LogP contribution in [0.1, 0.15) is 36.2 Å². The van der Waals surface area contributed by atoms with Gasteiger partial charge in [0, 0.05) is 24.0 Å². The largest absolute Gasteiger partial charge is 0.307 e. The lowest BCUT2D eigenvalue weighted by Crippen LogP contribution is -2.19. The maximum absolute atomic E-state index is 4.33. The molecule has 1 atom stereocenters. The molecule has 0 aliphatic rings. The van der Waals surface area contributed by atoms with Gasteiger partial charge in [0.25, 0.3) is 0 Å². The van der Waals surface area contributed by atoms with Gasteiger partial charge in [-0.2, -0.15) is 0 Å². The summed E-state index contributed by atoms with van der Waals surface area (Å²) in [6, 6.07) is 0.340. The van der Waals surface area contributed by atoms with Gasteiger partial charge in [-0.1, -0.05) is 0 Å². The molecule has 1 heterocycles. The highest BCUT2D eigenvalue weighted by molar-refractivity contribution is 7.11. The van der Waals surface area contributed by atoms with E-state index >= 15 is 0 Å². The van der Waals surface area contributed by atoms with Crippen molar-refractivity contribution in [1.29, 1.82) is 0 Å². The molecule has 1 aromatic heterocycles. The van der Waals surface area contributed by atoms with E-state index in [0.717, 1.165) is 18.0 Å². The molecule has 0 aliphatic heterocycles. The lowest BCUT2D eigenvalue weighted by molar-refractivity contribution is 0.581. The molecule has 0 amide bonds. The van der Waals surface area contributed by atoms with E-state index in [4.69, 9.17) is 0 Å². The van der Waals surface area contributed by atoms with Crippen molar-refractivity contribution in [2.45, 2.75) is 33.2 Å². The van der Waals surface area contributed by atoms with E-state index in [2.05, 4.69) is 36.0 Å². The minimum absolute atomic E-state index is 0.340. The van der Waals surface area contributed by atoms with E-state index in [0.29, 0.717) is 6.04 Å². The molecule has 0 aromatic carbocycles. The summed E-state index contributed by atoms with van der Waals surface area (Å²) < 4.78 is 0. The Balaban J connectivity index is 2.34. The predicted octanol–water partition coefficient (Wildman–Crippen LogP) is 2.52. The van der Waals surface area contributed by atoms with Crippen molar-refractivity contribution in [2.75, 3.05) is 6.54 Å². The average Bonchev–Trinajstić information content (AvgIpc) is 2.59. The van der Waals surface area contributed by atoms with Gasteiger partial charge in [-0.05, 0) is 20.8 Å². The van der Waals surface area contributed by atoms with Gasteiger partial charge in [-0.25, -0.2) is 4.98 Å². The van der Waals surface area contributed by atoms with Crippen LogP contribution in [0, 0.1) is 18.8 Å². The molecule has 1 N–H and O–H groups in total. The first-order valence-corrected chi connectivity index (χ1v) is 5.61. The minimum Gasteiger partial charge on any atom is -0.307 e. The molecule has 2 nitrogen and oxygen atoms in total. The molecule has 0 radical (unpaired) electrons. The maximum Gasteiger partial charge on any atom is 0.109 e. The zero-order valence-corrected chi connectivity index (χ0v) is 9.74. The Morgan fingerprint density at radius 3 is 3.00 bits per heavy atom. The fourth-order valence-electron chi connectivity index (χ4n) is 1.14. The first kappa shape index (κ1) is 11.2. The average molecular weight is 208 g/mol. The fourth-order valence-corrected chi connectivity index (χ4v) is 1.94. The molecule has 0 saturated carbocycles. The third-order valence-corrected chi connectivity index (χ3v) is 2.98. The van der Waals surface area contributed by atoms with Crippen molar-refractivity contribution >= 4 is 11.3 Å². The Labute approximate surface area is 89.8 Å². The van der Waals surface area contributed by atoms with Crippen LogP contribution in [-0.4, -0.2) is 11.5 Å². The van der Waals surface area contributed by atoms with Gasteiger partial charge in [0.1, 0.15) is 5.01 Å². The van der Waals surface area contributed by atoms with Crippen LogP contribution in [0.5, 0.6) is 0 Å². The number of rotatable bonds is 4. The topological polar surface area (TPSA) is 24.9 Å². The van der Waals surface area contributed by atoms with Crippen molar-refractivity contribution in [3.05, 3.63) is 16.1 Å². The number of hydrogen-bond donors (Lipinski definition) is 1. The highest BCUT2D eigenvalue weighted by Gasteiger charge is 2.07. The van der Waals surface area contributed by atoms with Crippen LogP contribution in [0.2, 0.25) is 0 Å². The highest BCUT2D eigenvalue weighted by atomic mass is 32.1. The minimum atomic E-state index is 0.340. The Morgan fingerprint density at radius 1 is 1.64 bits per heavy atom. The van der Waals surface area contributed by atoms with Gasteiger partial charge in [0.15, 0.2) is 0 Å². The van der Waals surface area contributed by atoms with Crippen LogP contribution in [0.15, 0.2) is 6.20 Å². The highest BCUT2D eigenvalue weighted by Crippen LogP contribution is 2.18. The van der Waals surface area contributed by atoms with Gasteiger partial charge in [-0.3, -0.25) is 0 Å². The Hall–Kier alpha value is -0.850. The summed E-state index contributed by atoms with van der Waals surface area (Å²) in [5.41, 5.74) is 0. The molecule has 1 unspecified atom stereocenters. The number of hydrogen-bond acceptors (Lipinski definition) is 3. The predicted molar refractivity (Wildman–Crippen MR) is 61.3 cm³/mol. The number of aryl methyl sites for hydroxylation is 1. The smallest absolute Gasteiger partial charge is 0.109 e. The van der Waals surface area contributed by atoms with Crippen LogP contribution in [-0.2, 0) is 0 Å². The van der Waals surface area contributed by atoms with Crippen molar-refractivity contribution in [3.8, 4) is 11.8 Å². The second kappa shape index (κ2) is 5.79. The van der Waals surface area contributed by atoms with Gasteiger partial charge in [0.2, 0.25) is 0 Å². The Kier molecular flexibility index (Phi) is 4.64. The monoisotopic (exact) mass is 208 g/mol. The summed E-state index contributed by atoms with van der Waals surface area (Å²) in [5, 5.41) is 4.55. The lowest BCUT2D eigenvalue weighted by atomic mass is 10.3. The standard InChI is InChI=1S/C11H16N2S/c1-4-5-6-7-12-10(3)11-13-8-9(2)14-11/h8,10,12H,6-7H2,1-3H3. The van der Waals surface area contributed by atoms with Crippen molar-refractivity contribution in [3.63, 3.8) is 0 Å². The third-order valence-electron chi connectivity index (χ3n) is 1.89. The van der Waals surface area contributed by atoms with Gasteiger partial charge in [0.05, 0.1) is 6.04 Å². The fraction of sp³-hybridized carbons (Fsp3) is 0.545. The summed E-state index contributed by atoms with van der Waals surface area (Å²) in [4.78, 5) is 5.60. The van der Waals surface area contributed by atoms with Crippen LogP contribution in [0.3, 0.4) is 0 Å². The third kappa shape index (κ3) is 3.49. The normalized spacial score (nSPS) is 11.9. The van der Waals surface area contributed by atoms with Crippen molar-refractivity contribution in [2.24, 2.45) is 0 Å². The lowest BCUT2D eigenvalue weighted by Gasteiger charge is -2.08. The summed E-state index contributed by atoms with van der Waals surface area (Å²) in [6.45, 7) is 7.02. The first-order chi connectivity index (χ1) is 6.74. The quantitative estimate of drug-likeness (QED) is 0.607. The molecular weight excluding hydrogens is 192 g/mol. The maximum atomic E-state index is 4.33. The number of nitrogens with one attached hydrogen (secondary N) is 1. The molecule has 1 aromatic rings. The molecule has 0 aliphatic carbocycles. The Morgan fingerprint density at radius 2 is 2.43 bits per heavy atom. The zero-order chi connectivity index (χ0) is 10.4. The van der Waals surface area contributed by atoms with Crippen LogP contribution < -0.4 is 5.32 Å². The summed E-state index contributed by atoms with van der Waals surface area (Å²) in [5.74, 6) is 5.91. The first-order valence-electron chi connectivity index (χ1n) is 4.79. The van der Waals surface area contributed by atoms with Gasteiger partial charge in [-0.15, -0.1) is 23.2 Å². The molecule has 0 spiro atoms. The summed E-state index contributed by atoms with van der Waals surface area (Å²) in [7, 11) is 0. The van der Waals surface area contributed by atoms with Gasteiger partial charge < -0.3 is 5.32 Å². The molecule has 0 bridgehead atoms. The SMILES string of the molecule is CC#CCCNC(C)c1ncc(C)s1. The zero-order valence-electron chi connectivity index (χ0n) is 8.92. The molecule has 1 rings (SSSR count). The second-order valence-corrected chi connectivity index (χ2v) is 4.43. The molecule has 76 valence electrons. The molecule has 3 heteroatoms. The van der Waals surface area contributed by atoms with E-state index in [1.165, 1.54) is 4.88 Å². The summed E-state index contributed by atoms with van der Waals surface area (Å²) in [6.07, 6.45) is 2.83. The summed E-state index contributed by atoms with van der Waals surface area (Å²) >= 11 is 1.75. The number of thiazole rings is 1. The Bertz CT molecular complexity index is 333. The molecular formula is C11H16N2S. The number of aromatic nitrogens is 1. The van der Waals surface area contributed by atoms with E-state index in [1.54, 1.807) is 11.3 Å².